The van der Waals surface area contributed by atoms with Crippen molar-refractivity contribution in [3.05, 3.63) is 63.7 Å². The molecule has 1 fully saturated rings. The standard InChI is InChI=1S/C41H48N2O16/c1-18(37(51)52)42-38(53)40(3)12-6-5-8-20(11-13-40)58-39(54)43-23-14-27(57-19(2)32(23)46)59-25-16-41(55,26(45)17-44)15-22-29(25)36(50)31-30(34(22)48)33(47)21-9-7-10-24(56-4)28(21)35(31)49/h5,7-10,18-20,23,25,27,32,44,46,48,50,55H,6,11-17H2,1-4H3,(H,42,53)(H,43,54)(H,51,52)/b8-5+/t18-,19?,20+,23?,25-,27-,32+,40-,41-/m0/s1. The first-order valence-electron chi connectivity index (χ1n) is 19.2. The highest BCUT2D eigenvalue weighted by Crippen LogP contribution is 2.52. The number of allylic oxidation sites excluding steroid dienone is 1. The van der Waals surface area contributed by atoms with E-state index in [0.29, 0.717) is 12.8 Å². The number of ketones is 3. The number of rotatable bonds is 10. The van der Waals surface area contributed by atoms with Gasteiger partial charge in [0, 0.05) is 41.4 Å². The predicted molar refractivity (Wildman–Crippen MR) is 202 cm³/mol. The molecule has 0 bridgehead atoms. The predicted octanol–water partition coefficient (Wildman–Crippen LogP) is 1.86. The van der Waals surface area contributed by atoms with Gasteiger partial charge in [0.15, 0.2) is 17.9 Å². The molecule has 1 aliphatic heterocycles. The minimum absolute atomic E-state index is 0.0399. The Morgan fingerprint density at radius 1 is 1.05 bits per heavy atom. The Balaban J connectivity index is 1.23. The summed E-state index contributed by atoms with van der Waals surface area (Å²) in [5.74, 6) is -5.85. The highest BCUT2D eigenvalue weighted by Gasteiger charge is 2.50. The number of hydrogen-bond donors (Lipinski definition) is 8. The topological polar surface area (TPSA) is 285 Å². The second-order valence-corrected chi connectivity index (χ2v) is 15.8. The number of alkyl carbamates (subject to hydrolysis) is 1. The van der Waals surface area contributed by atoms with Crippen molar-refractivity contribution >= 4 is 35.3 Å². The highest BCUT2D eigenvalue weighted by atomic mass is 16.7. The van der Waals surface area contributed by atoms with Gasteiger partial charge in [0.25, 0.3) is 0 Å². The number of nitrogens with one attached hydrogen (secondary N) is 2. The molecule has 8 N–H and O–H groups in total. The molecule has 2 aromatic rings. The van der Waals surface area contributed by atoms with Crippen LogP contribution in [-0.4, -0.2) is 122 Å². The summed E-state index contributed by atoms with van der Waals surface area (Å²) < 4.78 is 23.1. The third kappa shape index (κ3) is 8.14. The molecule has 0 radical (unpaired) electrons. The fourth-order valence-corrected chi connectivity index (χ4v) is 8.27. The van der Waals surface area contributed by atoms with Crippen molar-refractivity contribution in [2.45, 2.75) is 114 Å². The summed E-state index contributed by atoms with van der Waals surface area (Å²) in [6.07, 6.45) is -3.59. The van der Waals surface area contributed by atoms with Gasteiger partial charge < -0.3 is 60.2 Å². The molecular weight excluding hydrogens is 776 g/mol. The normalized spacial score (nSPS) is 29.9. The molecule has 0 saturated carbocycles. The number of ether oxygens (including phenoxy) is 4. The average molecular weight is 825 g/mol. The van der Waals surface area contributed by atoms with Crippen LogP contribution in [0.15, 0.2) is 30.4 Å². The third-order valence-electron chi connectivity index (χ3n) is 11.8. The SMILES string of the molecule is COc1cccc2c1C(=O)c1c(O)c3c(c(O)c1C2=O)C[C@@](O)(C(=O)CO)C[C@@H]3O[C@H]1CC(NC(=O)O[C@@H]2/C=C/CC[C@](C)(C(=O)N[C@@H](C)C(=O)O)CC2)[C@H](O)C(C)O1. The number of benzene rings is 2. The number of aliphatic hydroxyl groups is 3. The number of phenols is 2. The van der Waals surface area contributed by atoms with E-state index in [0.717, 1.165) is 0 Å². The van der Waals surface area contributed by atoms with E-state index >= 15 is 0 Å². The Morgan fingerprint density at radius 3 is 2.44 bits per heavy atom. The molecule has 1 heterocycles. The van der Waals surface area contributed by atoms with Crippen LogP contribution in [0.2, 0.25) is 0 Å². The summed E-state index contributed by atoms with van der Waals surface area (Å²) in [7, 11) is 1.29. The third-order valence-corrected chi connectivity index (χ3v) is 11.8. The van der Waals surface area contributed by atoms with Crippen LogP contribution in [0.3, 0.4) is 0 Å². The summed E-state index contributed by atoms with van der Waals surface area (Å²) in [6.45, 7) is 3.45. The Hall–Kier alpha value is -5.40. The molecule has 18 heteroatoms. The first-order valence-corrected chi connectivity index (χ1v) is 19.2. The van der Waals surface area contributed by atoms with Crippen LogP contribution in [0.4, 0.5) is 4.79 Å². The van der Waals surface area contributed by atoms with Gasteiger partial charge in [0.2, 0.25) is 11.7 Å². The van der Waals surface area contributed by atoms with Crippen LogP contribution in [0.25, 0.3) is 0 Å². The van der Waals surface area contributed by atoms with E-state index in [1.165, 1.54) is 39.2 Å². The lowest BCUT2D eigenvalue weighted by Gasteiger charge is -2.42. The first-order chi connectivity index (χ1) is 27.8. The number of methoxy groups -OCH3 is 1. The van der Waals surface area contributed by atoms with E-state index in [-0.39, 0.29) is 47.3 Å². The number of hydrogen-bond acceptors (Lipinski definition) is 15. The monoisotopic (exact) mass is 824 g/mol. The van der Waals surface area contributed by atoms with Crippen molar-refractivity contribution in [2.75, 3.05) is 13.7 Å². The number of carbonyl (C=O) groups is 6. The average Bonchev–Trinajstić information content (AvgIpc) is 3.18. The second kappa shape index (κ2) is 16.7. The van der Waals surface area contributed by atoms with Gasteiger partial charge in [-0.15, -0.1) is 0 Å². The maximum absolute atomic E-state index is 14.0. The zero-order valence-electron chi connectivity index (χ0n) is 32.9. The molecule has 4 aliphatic rings. The van der Waals surface area contributed by atoms with Crippen LogP contribution < -0.4 is 15.4 Å². The van der Waals surface area contributed by atoms with E-state index in [1.54, 1.807) is 19.1 Å². The quantitative estimate of drug-likeness (QED) is 0.107. The molecule has 2 amide bonds. The highest BCUT2D eigenvalue weighted by molar-refractivity contribution is 6.31. The summed E-state index contributed by atoms with van der Waals surface area (Å²) in [5.41, 5.74) is -5.21. The number of aliphatic hydroxyl groups excluding tert-OH is 2. The van der Waals surface area contributed by atoms with E-state index in [9.17, 15) is 59.4 Å². The minimum Gasteiger partial charge on any atom is -0.507 e. The van der Waals surface area contributed by atoms with Crippen LogP contribution in [0, 0.1) is 5.41 Å². The number of aliphatic carboxylic acids is 1. The zero-order valence-corrected chi connectivity index (χ0v) is 32.9. The van der Waals surface area contributed by atoms with Crippen molar-refractivity contribution < 1.29 is 78.4 Å². The number of phenolic OH excluding ortho intramolecular Hbond substituents is 2. The summed E-state index contributed by atoms with van der Waals surface area (Å²) in [5, 5.41) is 70.2. The fraction of sp³-hybridized carbons (Fsp3) is 0.512. The van der Waals surface area contributed by atoms with E-state index in [1.807, 2.05) is 0 Å². The van der Waals surface area contributed by atoms with Crippen LogP contribution in [0.5, 0.6) is 17.2 Å². The molecule has 0 aromatic heterocycles. The van der Waals surface area contributed by atoms with E-state index in [2.05, 4.69) is 10.6 Å². The number of carbonyl (C=O) groups excluding carboxylic acids is 5. The maximum atomic E-state index is 14.0. The largest absolute Gasteiger partial charge is 0.507 e. The van der Waals surface area contributed by atoms with Gasteiger partial charge >= 0.3 is 12.1 Å². The van der Waals surface area contributed by atoms with Crippen molar-refractivity contribution in [3.8, 4) is 17.2 Å². The summed E-state index contributed by atoms with van der Waals surface area (Å²) in [6, 6.07) is 2.10. The van der Waals surface area contributed by atoms with Crippen LogP contribution >= 0.6 is 0 Å². The molecule has 18 nitrogen and oxygen atoms in total. The molecule has 318 valence electrons. The molecule has 1 saturated heterocycles. The van der Waals surface area contributed by atoms with Crippen LogP contribution in [-0.2, 0) is 35.0 Å². The van der Waals surface area contributed by atoms with Gasteiger partial charge in [-0.2, -0.15) is 0 Å². The molecule has 2 unspecified atom stereocenters. The molecule has 3 aliphatic carbocycles. The molecule has 6 rings (SSSR count). The van der Waals surface area contributed by atoms with Gasteiger partial charge in [-0.25, -0.2) is 4.79 Å². The number of Topliss-reactive ketones (excluding diaryl/α,β-unsaturated/α-hetero) is 1. The molecule has 0 spiro atoms. The number of fused-ring (bicyclic) bond motifs is 3. The molecule has 2 aromatic carbocycles. The summed E-state index contributed by atoms with van der Waals surface area (Å²) >= 11 is 0. The van der Waals surface area contributed by atoms with Gasteiger partial charge in [0.05, 0.1) is 42.0 Å². The van der Waals surface area contributed by atoms with Gasteiger partial charge in [-0.1, -0.05) is 25.1 Å². The minimum atomic E-state index is -2.38. The maximum Gasteiger partial charge on any atom is 0.408 e. The Kier molecular flexibility index (Phi) is 12.2. The van der Waals surface area contributed by atoms with E-state index in [4.69, 9.17) is 18.9 Å². The van der Waals surface area contributed by atoms with E-state index < -0.39 is 131 Å². The fourth-order valence-electron chi connectivity index (χ4n) is 8.27. The smallest absolute Gasteiger partial charge is 0.408 e. The van der Waals surface area contributed by atoms with Crippen LogP contribution in [0.1, 0.15) is 108 Å². The number of aromatic hydroxyl groups is 2. The van der Waals surface area contributed by atoms with Crippen molar-refractivity contribution in [1.82, 2.24) is 10.6 Å². The van der Waals surface area contributed by atoms with Gasteiger partial charge in [-0.05, 0) is 51.7 Å². The lowest BCUT2D eigenvalue weighted by molar-refractivity contribution is -0.249. The number of carboxylic acids is 1. The Bertz CT molecular complexity index is 2100. The number of carboxylic acid groups (broad SMARTS) is 1. The first kappa shape index (κ1) is 43.2. The molecule has 9 atom stereocenters. The number of amides is 2. The lowest BCUT2D eigenvalue weighted by atomic mass is 9.72. The summed E-state index contributed by atoms with van der Waals surface area (Å²) in [4.78, 5) is 78.3. The van der Waals surface area contributed by atoms with Gasteiger partial charge in [0.1, 0.15) is 47.7 Å². The Labute approximate surface area is 338 Å². The van der Waals surface area contributed by atoms with Gasteiger partial charge in [-0.3, -0.25) is 24.0 Å². The van der Waals surface area contributed by atoms with Crippen molar-refractivity contribution in [2.24, 2.45) is 5.41 Å². The second-order valence-electron chi connectivity index (χ2n) is 15.8. The lowest BCUT2D eigenvalue weighted by Crippen LogP contribution is -2.56. The Morgan fingerprint density at radius 2 is 1.76 bits per heavy atom. The molecule has 59 heavy (non-hydrogen) atoms. The van der Waals surface area contributed by atoms with Crippen molar-refractivity contribution in [1.29, 1.82) is 0 Å². The van der Waals surface area contributed by atoms with Crippen molar-refractivity contribution in [3.63, 3.8) is 0 Å². The zero-order chi connectivity index (χ0) is 43.1. The molecular formula is C41H48N2O16.